The molecule has 0 aliphatic carbocycles. The molecule has 15 heteroatoms. The summed E-state index contributed by atoms with van der Waals surface area (Å²) in [7, 11) is -3.76. The number of nitrogens with one attached hydrogen (secondary N) is 1. The number of unbranched alkanes of at least 4 members (excludes halogenated alkanes) is 13. The third-order valence-electron chi connectivity index (χ3n) is 9.29. The molecule has 284 valence electrons. The predicted molar refractivity (Wildman–Crippen MR) is 186 cm³/mol. The maximum atomic E-state index is 13.8. The number of likely N-dealkylation sites (tertiary alicyclic amines) is 1. The van der Waals surface area contributed by atoms with Crippen LogP contribution in [0.25, 0.3) is 0 Å². The highest BCUT2D eigenvalue weighted by molar-refractivity contribution is 7.53. The number of aliphatic hydroxyl groups excluding tert-OH is 4. The molecule has 2 saturated heterocycles. The zero-order valence-corrected chi connectivity index (χ0v) is 30.3. The van der Waals surface area contributed by atoms with Gasteiger partial charge in [-0.15, -0.1) is 0 Å². The second-order valence-electron chi connectivity index (χ2n) is 13.5. The maximum Gasteiger partial charge on any atom is 0.332 e. The van der Waals surface area contributed by atoms with E-state index in [0.717, 1.165) is 29.7 Å². The standard InChI is InChI=1S/C34H62N3O11P/c1-2-3-4-5-6-7-8-9-10-11-12-13-14-15-20-45-21-16-22-46-49(44,23-19-36-24-27(38)28(39)25-36)47-26-29-31(41)32(42)33(48-29)37-18-17-30(40)35-34(37)43/h17-18,27-29,31-33,38-39,41-42H,2-16,19-26H2,1H3,(H,35,40,43)/t27-,28-,29-,31-,32-,33-,49?/m1/s1. The van der Waals surface area contributed by atoms with Crippen molar-refractivity contribution >= 4 is 7.60 Å². The fourth-order valence-corrected chi connectivity index (χ4v) is 7.88. The van der Waals surface area contributed by atoms with Gasteiger partial charge in [-0.25, -0.2) is 4.79 Å². The third kappa shape index (κ3) is 15.4. The van der Waals surface area contributed by atoms with Gasteiger partial charge in [0.2, 0.25) is 0 Å². The number of aliphatic hydroxyl groups is 4. The Labute approximate surface area is 290 Å². The molecule has 2 aliphatic rings. The van der Waals surface area contributed by atoms with Crippen LogP contribution in [0, 0.1) is 0 Å². The van der Waals surface area contributed by atoms with Gasteiger partial charge in [-0.2, -0.15) is 0 Å². The minimum atomic E-state index is -3.76. The van der Waals surface area contributed by atoms with Crippen LogP contribution in [0.3, 0.4) is 0 Å². The second kappa shape index (κ2) is 23.2. The zero-order valence-electron chi connectivity index (χ0n) is 29.4. The molecule has 2 aliphatic heterocycles. The van der Waals surface area contributed by atoms with Crippen LogP contribution in [-0.2, 0) is 23.1 Å². The van der Waals surface area contributed by atoms with E-state index in [4.69, 9.17) is 18.5 Å². The van der Waals surface area contributed by atoms with Gasteiger partial charge >= 0.3 is 13.3 Å². The molecule has 7 atom stereocenters. The topological polar surface area (TPSA) is 193 Å². The van der Waals surface area contributed by atoms with Gasteiger partial charge in [0.25, 0.3) is 5.56 Å². The molecule has 5 N–H and O–H groups in total. The van der Waals surface area contributed by atoms with E-state index >= 15 is 0 Å². The molecular weight excluding hydrogens is 657 g/mol. The highest BCUT2D eigenvalue weighted by Gasteiger charge is 2.45. The average molecular weight is 720 g/mol. The molecule has 0 saturated carbocycles. The summed E-state index contributed by atoms with van der Waals surface area (Å²) in [6, 6.07) is 1.09. The first-order valence-electron chi connectivity index (χ1n) is 18.5. The maximum absolute atomic E-state index is 13.8. The van der Waals surface area contributed by atoms with Crippen molar-refractivity contribution in [1.82, 2.24) is 14.5 Å². The number of rotatable bonds is 27. The van der Waals surface area contributed by atoms with Crippen molar-refractivity contribution < 1.29 is 43.5 Å². The normalized spacial score (nSPS) is 25.7. The fourth-order valence-electron chi connectivity index (χ4n) is 6.24. The molecule has 1 unspecified atom stereocenters. The molecule has 14 nitrogen and oxygen atoms in total. The number of H-pyrrole nitrogens is 1. The Morgan fingerprint density at radius 1 is 0.796 bits per heavy atom. The lowest BCUT2D eigenvalue weighted by molar-refractivity contribution is -0.0532. The van der Waals surface area contributed by atoms with Crippen molar-refractivity contribution in [3.05, 3.63) is 33.1 Å². The Morgan fingerprint density at radius 2 is 1.37 bits per heavy atom. The summed E-state index contributed by atoms with van der Waals surface area (Å²) < 4.78 is 37.6. The van der Waals surface area contributed by atoms with Crippen molar-refractivity contribution in [3.63, 3.8) is 0 Å². The van der Waals surface area contributed by atoms with Crippen LogP contribution < -0.4 is 11.2 Å². The first kappa shape index (κ1) is 42.0. The zero-order chi connectivity index (χ0) is 35.5. The number of β-amino-alcohol motifs (C(OH)–C–C–N with tert-alkyl or cyclic N) is 2. The smallest absolute Gasteiger partial charge is 0.332 e. The molecule has 1 aromatic heterocycles. The summed E-state index contributed by atoms with van der Waals surface area (Å²) in [5.74, 6) is 0. The third-order valence-corrected chi connectivity index (χ3v) is 11.2. The van der Waals surface area contributed by atoms with E-state index in [2.05, 4.69) is 11.9 Å². The molecule has 3 heterocycles. The first-order chi connectivity index (χ1) is 23.6. The van der Waals surface area contributed by atoms with Crippen molar-refractivity contribution in [2.24, 2.45) is 0 Å². The Hall–Kier alpha value is -1.45. The van der Waals surface area contributed by atoms with Gasteiger partial charge in [-0.05, 0) is 12.8 Å². The lowest BCUT2D eigenvalue weighted by atomic mass is 10.0. The van der Waals surface area contributed by atoms with Crippen molar-refractivity contribution in [1.29, 1.82) is 0 Å². The van der Waals surface area contributed by atoms with Crippen LogP contribution >= 0.6 is 7.60 Å². The summed E-state index contributed by atoms with van der Waals surface area (Å²) in [6.07, 6.45) is 12.6. The summed E-state index contributed by atoms with van der Waals surface area (Å²) in [4.78, 5) is 27.5. The van der Waals surface area contributed by atoms with Crippen LogP contribution in [0.15, 0.2) is 21.9 Å². The number of hydrogen-bond acceptors (Lipinski definition) is 12. The van der Waals surface area contributed by atoms with Crippen LogP contribution in [-0.4, -0.2) is 118 Å². The number of aromatic nitrogens is 2. The average Bonchev–Trinajstić information content (AvgIpc) is 3.55. The van der Waals surface area contributed by atoms with E-state index < -0.39 is 62.2 Å². The second-order valence-corrected chi connectivity index (χ2v) is 15.7. The number of nitrogens with zero attached hydrogens (tertiary/aromatic N) is 2. The molecule has 0 spiro atoms. The molecular formula is C34H62N3O11P. The van der Waals surface area contributed by atoms with Crippen LogP contribution in [0.1, 0.15) is 109 Å². The van der Waals surface area contributed by atoms with E-state index in [-0.39, 0.29) is 32.4 Å². The Balaban J connectivity index is 1.32. The molecule has 0 aromatic carbocycles. The molecule has 49 heavy (non-hydrogen) atoms. The van der Waals surface area contributed by atoms with E-state index in [0.29, 0.717) is 19.6 Å². The first-order valence-corrected chi connectivity index (χ1v) is 20.2. The summed E-state index contributed by atoms with van der Waals surface area (Å²) >= 11 is 0. The van der Waals surface area contributed by atoms with Gasteiger partial charge < -0.3 is 38.9 Å². The Bertz CT molecular complexity index is 1190. The molecule has 3 rings (SSSR count). The van der Waals surface area contributed by atoms with Gasteiger partial charge in [0, 0.05) is 45.1 Å². The fraction of sp³-hybridized carbons (Fsp3) is 0.882. The van der Waals surface area contributed by atoms with E-state index in [9.17, 15) is 34.6 Å². The number of ether oxygens (including phenoxy) is 2. The molecule has 0 amide bonds. The molecule has 2 fully saturated rings. The van der Waals surface area contributed by atoms with Crippen molar-refractivity contribution in [3.8, 4) is 0 Å². The van der Waals surface area contributed by atoms with E-state index in [1.807, 2.05) is 0 Å². The SMILES string of the molecule is CCCCCCCCCCCCCCCCOCCCOP(=O)(CCN1C[C@@H](O)[C@H](O)C1)OC[C@H]1O[C@@H](n2ccc(=O)[nH]c2=O)[C@H](O)[C@@H]1O. The predicted octanol–water partition coefficient (Wildman–Crippen LogP) is 3.31. The number of hydrogen-bond donors (Lipinski definition) is 5. The van der Waals surface area contributed by atoms with Crippen molar-refractivity contribution in [2.45, 2.75) is 140 Å². The molecule has 0 bridgehead atoms. The highest BCUT2D eigenvalue weighted by Crippen LogP contribution is 2.49. The Kier molecular flexibility index (Phi) is 19.9. The summed E-state index contributed by atoms with van der Waals surface area (Å²) in [5, 5.41) is 40.9. The van der Waals surface area contributed by atoms with E-state index in [1.165, 1.54) is 77.0 Å². The van der Waals surface area contributed by atoms with Crippen LogP contribution in [0.4, 0.5) is 0 Å². The monoisotopic (exact) mass is 719 g/mol. The van der Waals surface area contributed by atoms with E-state index in [1.54, 1.807) is 4.90 Å². The quantitative estimate of drug-likeness (QED) is 0.0659. The largest absolute Gasteiger partial charge is 0.389 e. The summed E-state index contributed by atoms with van der Waals surface area (Å²) in [5.41, 5.74) is -1.44. The van der Waals surface area contributed by atoms with Crippen LogP contribution in [0.5, 0.6) is 0 Å². The van der Waals surface area contributed by atoms with Gasteiger partial charge in [0.1, 0.15) is 18.3 Å². The molecule has 0 radical (unpaired) electrons. The van der Waals surface area contributed by atoms with Crippen molar-refractivity contribution in [2.75, 3.05) is 52.2 Å². The Morgan fingerprint density at radius 3 is 1.96 bits per heavy atom. The van der Waals surface area contributed by atoms with Gasteiger partial charge in [0.15, 0.2) is 6.23 Å². The lowest BCUT2D eigenvalue weighted by Crippen LogP contribution is -2.37. The highest BCUT2D eigenvalue weighted by atomic mass is 31.2. The van der Waals surface area contributed by atoms with Crippen LogP contribution in [0.2, 0.25) is 0 Å². The number of aromatic amines is 1. The van der Waals surface area contributed by atoms with Gasteiger partial charge in [-0.1, -0.05) is 90.4 Å². The minimum absolute atomic E-state index is 0.0411. The lowest BCUT2D eigenvalue weighted by Gasteiger charge is -2.24. The summed E-state index contributed by atoms with van der Waals surface area (Å²) in [6.45, 7) is 3.73. The van der Waals surface area contributed by atoms with Gasteiger partial charge in [-0.3, -0.25) is 23.8 Å². The van der Waals surface area contributed by atoms with Gasteiger partial charge in [0.05, 0.1) is 31.6 Å². The minimum Gasteiger partial charge on any atom is -0.389 e. The molecule has 1 aromatic rings.